The number of hydrogen-bond donors (Lipinski definition) is 4. The van der Waals surface area contributed by atoms with Crippen molar-refractivity contribution in [3.8, 4) is 5.75 Å². The van der Waals surface area contributed by atoms with Crippen molar-refractivity contribution in [1.29, 1.82) is 0 Å². The Kier molecular flexibility index (Phi) is 6.93. The molecule has 9 nitrogen and oxygen atoms in total. The third-order valence-electron chi connectivity index (χ3n) is 5.86. The number of benzene rings is 1. The Morgan fingerprint density at radius 2 is 2.09 bits per heavy atom. The molecule has 3 heterocycles. The molecule has 0 radical (unpaired) electrons. The monoisotopic (exact) mass is 491 g/mol. The van der Waals surface area contributed by atoms with E-state index in [1.54, 1.807) is 25.1 Å². The van der Waals surface area contributed by atoms with Gasteiger partial charge >= 0.3 is 0 Å². The summed E-state index contributed by atoms with van der Waals surface area (Å²) in [5, 5.41) is 8.72. The first kappa shape index (κ1) is 23.5. The molecule has 1 fully saturated rings. The van der Waals surface area contributed by atoms with Gasteiger partial charge in [-0.15, -0.1) is 0 Å². The Morgan fingerprint density at radius 3 is 2.76 bits per heavy atom. The van der Waals surface area contributed by atoms with Crippen LogP contribution in [0.3, 0.4) is 0 Å². The molecule has 176 valence electrons. The highest BCUT2D eigenvalue weighted by Gasteiger charge is 2.43. The van der Waals surface area contributed by atoms with E-state index in [1.165, 1.54) is 0 Å². The van der Waals surface area contributed by atoms with Crippen LogP contribution >= 0.6 is 19.1 Å². The smallest absolute Gasteiger partial charge is 0.231 e. The summed E-state index contributed by atoms with van der Waals surface area (Å²) < 4.78 is 5.62. The largest absolute Gasteiger partial charge is 0.494 e. The van der Waals surface area contributed by atoms with Gasteiger partial charge in [0.05, 0.1) is 36.3 Å². The van der Waals surface area contributed by atoms with Crippen molar-refractivity contribution in [2.75, 3.05) is 49.7 Å². The first-order valence-corrected chi connectivity index (χ1v) is 13.4. The van der Waals surface area contributed by atoms with Gasteiger partial charge in [-0.1, -0.05) is 18.5 Å². The van der Waals surface area contributed by atoms with Gasteiger partial charge in [0.25, 0.3) is 0 Å². The van der Waals surface area contributed by atoms with Crippen LogP contribution in [0.4, 0.5) is 17.5 Å². The number of carbonyl (C=O) groups is 1. The van der Waals surface area contributed by atoms with Gasteiger partial charge in [0.1, 0.15) is 34.8 Å². The molecule has 4 N–H and O–H groups in total. The maximum Gasteiger partial charge on any atom is 0.231 e. The van der Waals surface area contributed by atoms with E-state index < -0.39 is 7.49 Å². The molecule has 0 bridgehead atoms. The number of methoxy groups -OCH3 is 1. The number of rotatable bonds is 7. The minimum Gasteiger partial charge on any atom is -0.494 e. The molecule has 1 saturated heterocycles. The van der Waals surface area contributed by atoms with E-state index in [2.05, 4.69) is 32.5 Å². The van der Waals surface area contributed by atoms with Crippen LogP contribution in [0.25, 0.3) is 11.0 Å². The Morgan fingerprint density at radius 1 is 1.33 bits per heavy atom. The van der Waals surface area contributed by atoms with Crippen LogP contribution in [0.1, 0.15) is 20.3 Å². The molecule has 4 rings (SSSR count). The molecule has 3 aromatic rings. The quantitative estimate of drug-likeness (QED) is 0.373. The molecule has 0 unspecified atom stereocenters. The maximum absolute atomic E-state index is 11.6. The zero-order chi connectivity index (χ0) is 23.6. The fourth-order valence-electron chi connectivity index (χ4n) is 3.95. The summed E-state index contributed by atoms with van der Waals surface area (Å²) in [6, 6.07) is 5.67. The van der Waals surface area contributed by atoms with E-state index in [9.17, 15) is 9.69 Å². The van der Waals surface area contributed by atoms with Crippen molar-refractivity contribution < 1.29 is 14.4 Å². The van der Waals surface area contributed by atoms with Crippen molar-refractivity contribution in [2.45, 2.75) is 20.3 Å². The van der Waals surface area contributed by atoms with Crippen molar-refractivity contribution in [3.63, 3.8) is 0 Å². The lowest BCUT2D eigenvalue weighted by atomic mass is 10.3. The van der Waals surface area contributed by atoms with Crippen molar-refractivity contribution in [3.05, 3.63) is 29.4 Å². The number of H-pyrrole nitrogens is 1. The Bertz CT molecular complexity index is 1160. The van der Waals surface area contributed by atoms with Crippen LogP contribution in [0, 0.1) is 0 Å². The van der Waals surface area contributed by atoms with E-state index in [4.69, 9.17) is 16.3 Å². The van der Waals surface area contributed by atoms with Crippen LogP contribution in [-0.2, 0) is 4.79 Å². The zero-order valence-electron chi connectivity index (χ0n) is 19.0. The lowest BCUT2D eigenvalue weighted by molar-refractivity contribution is -0.128. The van der Waals surface area contributed by atoms with Gasteiger partial charge in [-0.25, -0.2) is 4.89 Å². The average molecular weight is 492 g/mol. The summed E-state index contributed by atoms with van der Waals surface area (Å²) in [7, 11) is -0.757. The lowest BCUT2D eigenvalue weighted by Gasteiger charge is -2.31. The van der Waals surface area contributed by atoms with Crippen molar-refractivity contribution in [1.82, 2.24) is 19.9 Å². The highest BCUT2D eigenvalue weighted by atomic mass is 35.5. The number of fused-ring (bicyclic) bond motifs is 1. The van der Waals surface area contributed by atoms with Crippen LogP contribution in [0.15, 0.2) is 24.4 Å². The predicted molar refractivity (Wildman–Crippen MR) is 135 cm³/mol. The molecule has 0 atom stereocenters. The zero-order valence-corrected chi connectivity index (χ0v) is 20.6. The number of aromatic nitrogens is 3. The number of ether oxygens (including phenoxy) is 1. The van der Waals surface area contributed by atoms with Crippen LogP contribution in [0.5, 0.6) is 5.75 Å². The number of amides is 1. The van der Waals surface area contributed by atoms with E-state index in [0.717, 1.165) is 23.7 Å². The highest BCUT2D eigenvalue weighted by Crippen LogP contribution is 2.55. The van der Waals surface area contributed by atoms with E-state index >= 15 is 0 Å². The van der Waals surface area contributed by atoms with Crippen molar-refractivity contribution in [2.24, 2.45) is 0 Å². The minimum absolute atomic E-state index is 0.0477. The van der Waals surface area contributed by atoms with E-state index in [0.29, 0.717) is 59.3 Å². The minimum atomic E-state index is -2.35. The standard InChI is InChI=1S/C22H29ClN6O3P/c1-4-7-24-20-19-16(23)13-25-21(19)28-22(27-20)26-17-6-5-15(12-18(17)32-3)33(31)10-8-29(9-11-33)14(2)30/h5-6,12-13,31H,4,7-11H2,1-3H3,(H3,24,25,26,27,28)/q+1. The molecule has 0 saturated carbocycles. The highest BCUT2D eigenvalue weighted by molar-refractivity contribution is 7.77. The number of aromatic amines is 1. The number of nitrogens with one attached hydrogen (secondary N) is 3. The second-order valence-electron chi connectivity index (χ2n) is 8.07. The summed E-state index contributed by atoms with van der Waals surface area (Å²) in [6.45, 7) is 5.55. The predicted octanol–water partition coefficient (Wildman–Crippen LogP) is 3.60. The number of nitrogens with zero attached hydrogens (tertiary/aromatic N) is 3. The number of hydrogen-bond acceptors (Lipinski definition) is 7. The van der Waals surface area contributed by atoms with Gasteiger partial charge in [-0.2, -0.15) is 9.97 Å². The molecular formula is C22H29ClN6O3P+. The summed E-state index contributed by atoms with van der Waals surface area (Å²) in [5.74, 6) is 1.69. The molecule has 2 aromatic heterocycles. The lowest BCUT2D eigenvalue weighted by Crippen LogP contribution is -2.41. The first-order valence-electron chi connectivity index (χ1n) is 10.9. The van der Waals surface area contributed by atoms with E-state index in [1.807, 2.05) is 18.2 Å². The molecule has 1 amide bonds. The summed E-state index contributed by atoms with van der Waals surface area (Å²) in [4.78, 5) is 37.0. The number of anilines is 3. The number of carbonyl (C=O) groups excluding carboxylic acids is 1. The van der Waals surface area contributed by atoms with Crippen LogP contribution in [0.2, 0.25) is 5.02 Å². The molecular weight excluding hydrogens is 463 g/mol. The molecule has 1 aromatic carbocycles. The van der Waals surface area contributed by atoms with E-state index in [-0.39, 0.29) is 5.91 Å². The fraction of sp³-hybridized carbons (Fsp3) is 0.409. The molecule has 33 heavy (non-hydrogen) atoms. The van der Waals surface area contributed by atoms with Crippen molar-refractivity contribution >= 4 is 58.8 Å². The molecule has 1 aliphatic heterocycles. The average Bonchev–Trinajstić information content (AvgIpc) is 3.18. The molecule has 0 aliphatic carbocycles. The van der Waals surface area contributed by atoms with Gasteiger partial charge in [0, 0.05) is 25.7 Å². The SMILES string of the molecule is CCCNc1nc(Nc2ccc([P+]3(O)CCN(C(C)=O)CC3)cc2OC)nc2[nH]cc(Cl)c12. The molecule has 11 heteroatoms. The van der Waals surface area contributed by atoms with Gasteiger partial charge in [0.15, 0.2) is 7.49 Å². The Labute approximate surface area is 198 Å². The van der Waals surface area contributed by atoms with Gasteiger partial charge < -0.3 is 25.3 Å². The summed E-state index contributed by atoms with van der Waals surface area (Å²) >= 11 is 6.31. The topological polar surface area (TPSA) is 115 Å². The van der Waals surface area contributed by atoms with Gasteiger partial charge in [0.2, 0.25) is 11.9 Å². The van der Waals surface area contributed by atoms with Gasteiger partial charge in [-0.05, 0) is 18.6 Å². The van der Waals surface area contributed by atoms with Crippen LogP contribution in [-0.4, -0.2) is 69.7 Å². The number of halogens is 1. The molecule has 0 spiro atoms. The Hall–Kier alpha value is -2.61. The second-order valence-corrected chi connectivity index (χ2v) is 11.7. The second kappa shape index (κ2) is 9.71. The first-order chi connectivity index (χ1) is 15.8. The Balaban J connectivity index is 1.60. The summed E-state index contributed by atoms with van der Waals surface area (Å²) in [5.41, 5.74) is 1.32. The molecule has 1 aliphatic rings. The van der Waals surface area contributed by atoms with Gasteiger partial charge in [-0.3, -0.25) is 4.79 Å². The maximum atomic E-state index is 11.6. The normalized spacial score (nSPS) is 15.5. The third kappa shape index (κ3) is 4.86. The van der Waals surface area contributed by atoms with Crippen LogP contribution < -0.4 is 20.7 Å². The fourth-order valence-corrected chi connectivity index (χ4v) is 6.78. The summed E-state index contributed by atoms with van der Waals surface area (Å²) in [6.07, 6.45) is 3.81. The third-order valence-corrected chi connectivity index (χ3v) is 9.28.